The van der Waals surface area contributed by atoms with E-state index >= 15 is 0 Å². The van der Waals surface area contributed by atoms with Crippen LogP contribution in [0.25, 0.3) is 22.6 Å². The van der Waals surface area contributed by atoms with Crippen LogP contribution in [0.4, 0.5) is 0 Å². The zero-order chi connectivity index (χ0) is 39.2. The predicted octanol–water partition coefficient (Wildman–Crippen LogP) is 13.2. The highest BCUT2D eigenvalue weighted by Gasteiger charge is 2.48. The van der Waals surface area contributed by atoms with E-state index in [1.807, 2.05) is 6.07 Å². The minimum atomic E-state index is -0.660. The third-order valence-corrected chi connectivity index (χ3v) is 12.6. The summed E-state index contributed by atoms with van der Waals surface area (Å²) < 4.78 is 6.68. The van der Waals surface area contributed by atoms with Crippen molar-refractivity contribution in [2.75, 3.05) is 0 Å². The van der Waals surface area contributed by atoms with E-state index in [1.165, 1.54) is 22.3 Å². The van der Waals surface area contributed by atoms with E-state index in [1.54, 1.807) is 0 Å². The highest BCUT2D eigenvalue weighted by molar-refractivity contribution is 5.72. The molecule has 2 aliphatic carbocycles. The molecule has 0 spiro atoms. The fourth-order valence-electron chi connectivity index (χ4n) is 9.51. The summed E-state index contributed by atoms with van der Waals surface area (Å²) in [7, 11) is 0. The molecule has 7 aromatic rings. The first-order valence-electron chi connectivity index (χ1n) is 20.3. The lowest BCUT2D eigenvalue weighted by Crippen LogP contribution is -2.37. The summed E-state index contributed by atoms with van der Waals surface area (Å²) in [5, 5.41) is 0. The summed E-state index contributed by atoms with van der Waals surface area (Å²) in [6.07, 6.45) is 18.9. The Labute approximate surface area is 341 Å². The third-order valence-electron chi connectivity index (χ3n) is 12.6. The van der Waals surface area contributed by atoms with Crippen LogP contribution in [-0.4, -0.2) is 9.97 Å². The van der Waals surface area contributed by atoms with Crippen LogP contribution in [0.3, 0.4) is 0 Å². The van der Waals surface area contributed by atoms with E-state index in [0.717, 1.165) is 51.6 Å². The molecule has 0 N–H and O–H groups in total. The molecule has 0 saturated heterocycles. The van der Waals surface area contributed by atoms with Crippen LogP contribution < -0.4 is 4.74 Å². The van der Waals surface area contributed by atoms with Gasteiger partial charge in [0.05, 0.1) is 16.8 Å². The standard InChI is InChI=1S/C55H44N2O/c1-53(35-17-5-18-36-53)41-33-31-39(32-34-41)48-38-51(57-52(56-48)40-20-6-3-7-21-40)54(2)37-19-16-25-44(54)43-24-10-11-26-45(43)55(42-22-8-4-9-23-42)46-27-12-14-29-49(46)58-50-30-15-13-28-47(50)55/h3-35,37-38,44H,36H2,1-2H3. The van der Waals surface area contributed by atoms with Crippen LogP contribution in [0.15, 0.2) is 212 Å². The van der Waals surface area contributed by atoms with Gasteiger partial charge in [0.1, 0.15) is 11.5 Å². The smallest absolute Gasteiger partial charge is 0.160 e. The molecule has 0 amide bonds. The molecule has 1 aliphatic heterocycles. The van der Waals surface area contributed by atoms with E-state index in [4.69, 9.17) is 14.7 Å². The first-order valence-corrected chi connectivity index (χ1v) is 20.3. The Bertz CT molecular complexity index is 2720. The second-order valence-electron chi connectivity index (χ2n) is 16.1. The van der Waals surface area contributed by atoms with Crippen molar-refractivity contribution in [3.8, 4) is 34.1 Å². The second kappa shape index (κ2) is 14.3. The summed E-state index contributed by atoms with van der Waals surface area (Å²) in [5.41, 5.74) is 9.87. The van der Waals surface area contributed by atoms with Crippen molar-refractivity contribution < 1.29 is 4.74 Å². The molecular weight excluding hydrogens is 705 g/mol. The Balaban J connectivity index is 1.17. The molecule has 0 fully saturated rings. The Morgan fingerprint density at radius 3 is 1.84 bits per heavy atom. The van der Waals surface area contributed by atoms with Gasteiger partial charge in [0, 0.05) is 39.0 Å². The molecule has 10 rings (SSSR count). The van der Waals surface area contributed by atoms with Crippen molar-refractivity contribution in [1.82, 2.24) is 9.97 Å². The summed E-state index contributed by atoms with van der Waals surface area (Å²) >= 11 is 0. The Hall–Kier alpha value is -6.84. The van der Waals surface area contributed by atoms with Gasteiger partial charge in [0.25, 0.3) is 0 Å². The van der Waals surface area contributed by atoms with Crippen LogP contribution in [0.5, 0.6) is 11.5 Å². The van der Waals surface area contributed by atoms with Gasteiger partial charge in [-0.1, -0.05) is 201 Å². The topological polar surface area (TPSA) is 35.0 Å². The zero-order valence-corrected chi connectivity index (χ0v) is 32.8. The number of benzene rings is 6. The van der Waals surface area contributed by atoms with Crippen molar-refractivity contribution in [1.29, 1.82) is 0 Å². The Morgan fingerprint density at radius 1 is 0.534 bits per heavy atom. The molecule has 2 heterocycles. The summed E-state index contributed by atoms with van der Waals surface area (Å²) in [6, 6.07) is 58.6. The first kappa shape index (κ1) is 35.6. The number of aromatic nitrogens is 2. The van der Waals surface area contributed by atoms with E-state index in [9.17, 15) is 0 Å². The van der Waals surface area contributed by atoms with Gasteiger partial charge >= 0.3 is 0 Å². The van der Waals surface area contributed by atoms with Gasteiger partial charge in [-0.05, 0) is 53.8 Å². The quantitative estimate of drug-likeness (QED) is 0.163. The first-order chi connectivity index (χ1) is 28.5. The van der Waals surface area contributed by atoms with Gasteiger partial charge in [0.15, 0.2) is 5.82 Å². The number of hydrogen-bond donors (Lipinski definition) is 0. The SMILES string of the molecule is CC1(c2ccc(-c3cc(C4(C)C=CC=CC4c4ccccc4C4(c5ccccc5)c5ccccc5Oc5ccccc54)nc(-c4ccccc4)n3)cc2)C=CC=CC1. The lowest BCUT2D eigenvalue weighted by molar-refractivity contribution is 0.431. The fourth-order valence-corrected chi connectivity index (χ4v) is 9.51. The molecule has 3 unspecified atom stereocenters. The van der Waals surface area contributed by atoms with Gasteiger partial charge in [-0.3, -0.25) is 0 Å². The molecule has 0 radical (unpaired) electrons. The molecule has 0 bridgehead atoms. The zero-order valence-electron chi connectivity index (χ0n) is 32.8. The number of nitrogens with zero attached hydrogens (tertiary/aromatic N) is 2. The second-order valence-corrected chi connectivity index (χ2v) is 16.1. The molecule has 0 saturated carbocycles. The van der Waals surface area contributed by atoms with Crippen molar-refractivity contribution in [2.45, 2.75) is 42.4 Å². The van der Waals surface area contributed by atoms with Crippen LogP contribution in [-0.2, 0) is 16.2 Å². The van der Waals surface area contributed by atoms with Crippen LogP contribution in [0.2, 0.25) is 0 Å². The van der Waals surface area contributed by atoms with Gasteiger partial charge in [-0.25, -0.2) is 9.97 Å². The number of fused-ring (bicyclic) bond motifs is 2. The Morgan fingerprint density at radius 2 is 1.16 bits per heavy atom. The average molecular weight is 749 g/mol. The third kappa shape index (κ3) is 5.80. The summed E-state index contributed by atoms with van der Waals surface area (Å²) in [5.74, 6) is 2.38. The number of allylic oxidation sites excluding steroid dienone is 8. The summed E-state index contributed by atoms with van der Waals surface area (Å²) in [6.45, 7) is 4.64. The van der Waals surface area contributed by atoms with Gasteiger partial charge in [-0.15, -0.1) is 0 Å². The minimum Gasteiger partial charge on any atom is -0.457 e. The number of hydrogen-bond acceptors (Lipinski definition) is 3. The maximum absolute atomic E-state index is 6.68. The number of rotatable bonds is 7. The monoisotopic (exact) mass is 748 g/mol. The maximum Gasteiger partial charge on any atom is 0.160 e. The van der Waals surface area contributed by atoms with Crippen molar-refractivity contribution in [3.05, 3.63) is 251 Å². The van der Waals surface area contributed by atoms with Gasteiger partial charge in [0.2, 0.25) is 0 Å². The van der Waals surface area contributed by atoms with E-state index < -0.39 is 10.8 Å². The minimum absolute atomic E-state index is 0.0325. The highest BCUT2D eigenvalue weighted by atomic mass is 16.5. The van der Waals surface area contributed by atoms with Crippen LogP contribution >= 0.6 is 0 Å². The molecule has 1 aromatic heterocycles. The highest BCUT2D eigenvalue weighted by Crippen LogP contribution is 2.58. The molecule has 3 heteroatoms. The molecule has 6 aromatic carbocycles. The number of ether oxygens (including phenoxy) is 1. The molecule has 3 aliphatic rings. The lowest BCUT2D eigenvalue weighted by Gasteiger charge is -2.44. The maximum atomic E-state index is 6.68. The lowest BCUT2D eigenvalue weighted by atomic mass is 9.59. The largest absolute Gasteiger partial charge is 0.457 e. The average Bonchev–Trinajstić information content (AvgIpc) is 3.29. The Kier molecular flexibility index (Phi) is 8.75. The van der Waals surface area contributed by atoms with E-state index in [-0.39, 0.29) is 11.3 Å². The fraction of sp³-hybridized carbons (Fsp3) is 0.127. The van der Waals surface area contributed by atoms with E-state index in [0.29, 0.717) is 5.82 Å². The molecular formula is C55H44N2O. The number of para-hydroxylation sites is 2. The molecule has 3 nitrogen and oxygen atoms in total. The van der Waals surface area contributed by atoms with E-state index in [2.05, 4.69) is 220 Å². The van der Waals surface area contributed by atoms with Crippen molar-refractivity contribution in [3.63, 3.8) is 0 Å². The summed E-state index contributed by atoms with van der Waals surface area (Å²) in [4.78, 5) is 10.7. The van der Waals surface area contributed by atoms with Crippen molar-refractivity contribution in [2.24, 2.45) is 0 Å². The predicted molar refractivity (Wildman–Crippen MR) is 236 cm³/mol. The van der Waals surface area contributed by atoms with Gasteiger partial charge < -0.3 is 4.74 Å². The normalized spacial score (nSPS) is 21.2. The molecule has 3 atom stereocenters. The molecule has 58 heavy (non-hydrogen) atoms. The van der Waals surface area contributed by atoms with Crippen molar-refractivity contribution >= 4 is 0 Å². The van der Waals surface area contributed by atoms with Crippen LogP contribution in [0, 0.1) is 0 Å². The molecule has 280 valence electrons. The van der Waals surface area contributed by atoms with Gasteiger partial charge in [-0.2, -0.15) is 0 Å². The van der Waals surface area contributed by atoms with Crippen LogP contribution in [0.1, 0.15) is 65.3 Å².